The maximum Gasteiger partial charge on any atom is 0.254 e. The number of carbonyl (C=O) groups is 1. The van der Waals surface area contributed by atoms with Gasteiger partial charge in [0, 0.05) is 42.2 Å². The average molecular weight is 497 g/mol. The highest BCUT2D eigenvalue weighted by Crippen LogP contribution is 2.24. The third kappa shape index (κ3) is 4.95. The van der Waals surface area contributed by atoms with Crippen molar-refractivity contribution in [2.45, 2.75) is 12.5 Å². The van der Waals surface area contributed by atoms with Crippen molar-refractivity contribution in [2.24, 2.45) is 0 Å². The number of hydrogen-bond donors (Lipinski definition) is 2. The van der Waals surface area contributed by atoms with Crippen LogP contribution in [0.1, 0.15) is 27.2 Å². The molecule has 2 heterocycles. The number of nitrogens with zero attached hydrogens (tertiary/aromatic N) is 2. The van der Waals surface area contributed by atoms with E-state index in [4.69, 9.17) is 0 Å². The van der Waals surface area contributed by atoms with Crippen molar-refractivity contribution in [3.63, 3.8) is 0 Å². The number of H-pyrrole nitrogens is 1. The van der Waals surface area contributed by atoms with Crippen LogP contribution in [0, 0.1) is 11.8 Å². The third-order valence-corrected chi connectivity index (χ3v) is 7.06. The smallest absolute Gasteiger partial charge is 0.254 e. The number of fused-ring (bicyclic) bond motifs is 1. The summed E-state index contributed by atoms with van der Waals surface area (Å²) >= 11 is 0. The van der Waals surface area contributed by atoms with Crippen LogP contribution in [0.5, 0.6) is 0 Å². The molecule has 0 aliphatic carbocycles. The van der Waals surface area contributed by atoms with Crippen LogP contribution < -0.4 is 5.32 Å². The molecule has 6 rings (SSSR count). The number of carbonyl (C=O) groups excluding carboxylic acids is 1. The van der Waals surface area contributed by atoms with Crippen LogP contribution in [-0.2, 0) is 6.42 Å². The first-order chi connectivity index (χ1) is 18.8. The summed E-state index contributed by atoms with van der Waals surface area (Å²) in [6.07, 6.45) is 0.824. The van der Waals surface area contributed by atoms with Crippen molar-refractivity contribution in [3.8, 4) is 23.0 Å². The van der Waals surface area contributed by atoms with Gasteiger partial charge in [0.25, 0.3) is 5.91 Å². The predicted molar refractivity (Wildman–Crippen MR) is 152 cm³/mol. The maximum absolute atomic E-state index is 13.7. The van der Waals surface area contributed by atoms with E-state index in [2.05, 4.69) is 57.7 Å². The molecular weight excluding hydrogens is 468 g/mol. The van der Waals surface area contributed by atoms with E-state index in [9.17, 15) is 4.79 Å². The van der Waals surface area contributed by atoms with Gasteiger partial charge in [0.05, 0.1) is 5.52 Å². The maximum atomic E-state index is 13.7. The highest BCUT2D eigenvalue weighted by Gasteiger charge is 2.28. The fourth-order valence-corrected chi connectivity index (χ4v) is 5.09. The molecule has 1 aromatic heterocycles. The molecule has 1 atom stereocenters. The van der Waals surface area contributed by atoms with E-state index in [1.54, 1.807) is 0 Å². The lowest BCUT2D eigenvalue weighted by Crippen LogP contribution is -2.54. The summed E-state index contributed by atoms with van der Waals surface area (Å²) in [5.41, 5.74) is 6.55. The molecule has 5 heteroatoms. The van der Waals surface area contributed by atoms with Crippen molar-refractivity contribution in [3.05, 3.63) is 126 Å². The summed E-state index contributed by atoms with van der Waals surface area (Å²) < 4.78 is 0. The number of rotatable bonds is 4. The summed E-state index contributed by atoms with van der Waals surface area (Å²) in [7, 11) is 0. The minimum atomic E-state index is 0.0452. The van der Waals surface area contributed by atoms with Crippen LogP contribution in [0.15, 0.2) is 103 Å². The van der Waals surface area contributed by atoms with E-state index in [-0.39, 0.29) is 11.9 Å². The number of amides is 1. The second-order valence-corrected chi connectivity index (χ2v) is 9.54. The van der Waals surface area contributed by atoms with E-state index >= 15 is 0 Å². The molecule has 0 spiro atoms. The molecule has 5 aromatic rings. The molecule has 5 nitrogen and oxygen atoms in total. The zero-order valence-corrected chi connectivity index (χ0v) is 21.0. The normalized spacial score (nSPS) is 15.2. The van der Waals surface area contributed by atoms with Crippen LogP contribution in [0.4, 0.5) is 0 Å². The Bertz CT molecular complexity index is 1630. The Labute approximate surface area is 222 Å². The quantitative estimate of drug-likeness (QED) is 0.333. The summed E-state index contributed by atoms with van der Waals surface area (Å²) in [5, 5.41) is 11.8. The first-order valence-electron chi connectivity index (χ1n) is 13.0. The molecule has 1 fully saturated rings. The van der Waals surface area contributed by atoms with Gasteiger partial charge >= 0.3 is 0 Å². The van der Waals surface area contributed by atoms with Gasteiger partial charge in [-0.3, -0.25) is 9.89 Å². The Morgan fingerprint density at radius 3 is 2.50 bits per heavy atom. The zero-order valence-electron chi connectivity index (χ0n) is 21.0. The largest absolute Gasteiger partial charge is 0.333 e. The van der Waals surface area contributed by atoms with Gasteiger partial charge in [0.15, 0.2) is 0 Å². The SMILES string of the molecule is O=C(c1ccc2n[nH]c(C#Cc3ccccc3-c3ccccc3)c2c1)N1CCNC[C@@H]1Cc1ccccc1. The highest BCUT2D eigenvalue weighted by molar-refractivity contribution is 5.99. The summed E-state index contributed by atoms with van der Waals surface area (Å²) in [4.78, 5) is 15.7. The molecule has 1 aliphatic rings. The predicted octanol–water partition coefficient (Wildman–Crippen LogP) is 5.29. The molecule has 38 heavy (non-hydrogen) atoms. The van der Waals surface area contributed by atoms with Gasteiger partial charge in [-0.05, 0) is 53.3 Å². The monoisotopic (exact) mass is 496 g/mol. The fourth-order valence-electron chi connectivity index (χ4n) is 5.09. The molecule has 1 amide bonds. The second-order valence-electron chi connectivity index (χ2n) is 9.54. The molecule has 1 aliphatic heterocycles. The number of benzene rings is 4. The van der Waals surface area contributed by atoms with Crippen molar-refractivity contribution < 1.29 is 4.79 Å². The van der Waals surface area contributed by atoms with E-state index in [1.807, 2.05) is 77.7 Å². The Kier molecular flexibility index (Phi) is 6.72. The number of nitrogens with one attached hydrogen (secondary N) is 2. The first kappa shape index (κ1) is 23.7. The summed E-state index contributed by atoms with van der Waals surface area (Å²) in [6.45, 7) is 2.26. The van der Waals surface area contributed by atoms with Gasteiger partial charge in [0.2, 0.25) is 0 Å². The van der Waals surface area contributed by atoms with E-state index < -0.39 is 0 Å². The topological polar surface area (TPSA) is 61.0 Å². The highest BCUT2D eigenvalue weighted by atomic mass is 16.2. The van der Waals surface area contributed by atoms with E-state index in [0.29, 0.717) is 17.8 Å². The molecule has 0 saturated carbocycles. The van der Waals surface area contributed by atoms with Crippen molar-refractivity contribution in [2.75, 3.05) is 19.6 Å². The third-order valence-electron chi connectivity index (χ3n) is 7.06. The minimum Gasteiger partial charge on any atom is -0.333 e. The molecule has 1 saturated heterocycles. The molecule has 186 valence electrons. The standard InChI is InChI=1S/C33H28N4O/c38-33(37-20-19-34-23-28(37)21-24-9-3-1-4-10-24)27-16-18-32-30(22-27)31(35-36-32)17-15-26-13-7-8-14-29(26)25-11-5-2-6-12-25/h1-14,16,18,22,28,34H,19-21,23H2,(H,35,36)/t28-/m0/s1. The van der Waals surface area contributed by atoms with Gasteiger partial charge in [-0.2, -0.15) is 5.10 Å². The number of aromatic amines is 1. The van der Waals surface area contributed by atoms with Crippen molar-refractivity contribution in [1.82, 2.24) is 20.4 Å². The average Bonchev–Trinajstić information content (AvgIpc) is 3.39. The van der Waals surface area contributed by atoms with Crippen molar-refractivity contribution in [1.29, 1.82) is 0 Å². The van der Waals surface area contributed by atoms with Crippen molar-refractivity contribution >= 4 is 16.8 Å². The molecule has 0 bridgehead atoms. The lowest BCUT2D eigenvalue weighted by Gasteiger charge is -2.36. The van der Waals surface area contributed by atoms with Gasteiger partial charge in [-0.15, -0.1) is 0 Å². The Morgan fingerprint density at radius 1 is 0.895 bits per heavy atom. The lowest BCUT2D eigenvalue weighted by atomic mass is 10.00. The molecule has 0 radical (unpaired) electrons. The number of hydrogen-bond acceptors (Lipinski definition) is 3. The van der Waals surface area contributed by atoms with Crippen LogP contribution >= 0.6 is 0 Å². The van der Waals surface area contributed by atoms with Crippen LogP contribution in [0.3, 0.4) is 0 Å². The van der Waals surface area contributed by atoms with E-state index in [1.165, 1.54) is 5.56 Å². The van der Waals surface area contributed by atoms with Gasteiger partial charge in [-0.1, -0.05) is 84.8 Å². The Balaban J connectivity index is 1.29. The van der Waals surface area contributed by atoms with E-state index in [0.717, 1.165) is 47.1 Å². The second kappa shape index (κ2) is 10.8. The summed E-state index contributed by atoms with van der Waals surface area (Å²) in [5.74, 6) is 6.65. The molecule has 2 N–H and O–H groups in total. The van der Waals surface area contributed by atoms with Gasteiger partial charge in [-0.25, -0.2) is 0 Å². The lowest BCUT2D eigenvalue weighted by molar-refractivity contribution is 0.0636. The number of piperazine rings is 1. The Hall–Kier alpha value is -4.66. The molecule has 4 aromatic carbocycles. The summed E-state index contributed by atoms with van der Waals surface area (Å²) in [6, 6.07) is 34.5. The number of aromatic nitrogens is 2. The molecular formula is C33H28N4O. The van der Waals surface area contributed by atoms with Crippen LogP contribution in [-0.4, -0.2) is 46.7 Å². The van der Waals surface area contributed by atoms with Gasteiger partial charge in [0.1, 0.15) is 5.69 Å². The fraction of sp³-hybridized carbons (Fsp3) is 0.152. The van der Waals surface area contributed by atoms with Gasteiger partial charge < -0.3 is 10.2 Å². The first-order valence-corrected chi connectivity index (χ1v) is 13.0. The zero-order chi connectivity index (χ0) is 25.7. The molecule has 0 unspecified atom stereocenters. The van der Waals surface area contributed by atoms with Crippen LogP contribution in [0.2, 0.25) is 0 Å². The Morgan fingerprint density at radius 2 is 1.66 bits per heavy atom. The minimum absolute atomic E-state index is 0.0452. The van der Waals surface area contributed by atoms with Crippen LogP contribution in [0.25, 0.3) is 22.0 Å².